The Kier molecular flexibility index (Phi) is 4.87. The second-order valence-electron chi connectivity index (χ2n) is 4.89. The van der Waals surface area contributed by atoms with Crippen molar-refractivity contribution in [3.05, 3.63) is 40.7 Å². The molecule has 1 aliphatic rings. The molecule has 2 N–H and O–H groups in total. The molecule has 2 aromatic rings. The van der Waals surface area contributed by atoms with Crippen LogP contribution in [0, 0.1) is 0 Å². The molecule has 2 aromatic heterocycles. The summed E-state index contributed by atoms with van der Waals surface area (Å²) in [6, 6.07) is 7.51. The number of urea groups is 1. The molecule has 0 radical (unpaired) electrons. The molecule has 0 aliphatic carbocycles. The van der Waals surface area contributed by atoms with E-state index in [1.165, 1.54) is 0 Å². The van der Waals surface area contributed by atoms with Crippen LogP contribution in [0.5, 0.6) is 0 Å². The third-order valence-corrected chi connectivity index (χ3v) is 4.22. The van der Waals surface area contributed by atoms with Gasteiger partial charge in [0.2, 0.25) is 0 Å². The molecular formula is C15H18N4O2S. The van der Waals surface area contributed by atoms with Gasteiger partial charge in [0.05, 0.1) is 31.6 Å². The van der Waals surface area contributed by atoms with Crippen LogP contribution in [-0.4, -0.2) is 37.3 Å². The van der Waals surface area contributed by atoms with Crippen molar-refractivity contribution >= 4 is 28.9 Å². The fraction of sp³-hybridized carbons (Fsp3) is 0.333. The van der Waals surface area contributed by atoms with Crippen LogP contribution in [-0.2, 0) is 11.3 Å². The van der Waals surface area contributed by atoms with E-state index in [1.54, 1.807) is 17.5 Å². The SMILES string of the molecule is O=C(NCc1cccs1)Nc1ccc(N2CCOCC2)nc1. The summed E-state index contributed by atoms with van der Waals surface area (Å²) in [5, 5.41) is 7.59. The van der Waals surface area contributed by atoms with Gasteiger partial charge in [0.15, 0.2) is 0 Å². The summed E-state index contributed by atoms with van der Waals surface area (Å²) in [5.74, 6) is 0.910. The summed E-state index contributed by atoms with van der Waals surface area (Å²) in [4.78, 5) is 19.5. The average molecular weight is 318 g/mol. The standard InChI is InChI=1S/C15H18N4O2S/c20-15(17-11-13-2-1-9-22-13)18-12-3-4-14(16-10-12)19-5-7-21-8-6-19/h1-4,9-10H,5-8,11H2,(H2,17,18,20). The van der Waals surface area contributed by atoms with Gasteiger partial charge in [-0.2, -0.15) is 0 Å². The minimum Gasteiger partial charge on any atom is -0.378 e. The van der Waals surface area contributed by atoms with Crippen molar-refractivity contribution in [2.75, 3.05) is 36.5 Å². The molecule has 0 aromatic carbocycles. The lowest BCUT2D eigenvalue weighted by atomic mass is 10.3. The number of ether oxygens (including phenoxy) is 1. The number of rotatable bonds is 4. The van der Waals surface area contributed by atoms with Crippen molar-refractivity contribution in [3.63, 3.8) is 0 Å². The van der Waals surface area contributed by atoms with Crippen molar-refractivity contribution in [1.82, 2.24) is 10.3 Å². The Morgan fingerprint density at radius 3 is 2.86 bits per heavy atom. The first-order valence-corrected chi connectivity index (χ1v) is 8.05. The van der Waals surface area contributed by atoms with E-state index in [0.717, 1.165) is 37.0 Å². The molecule has 0 unspecified atom stereocenters. The minimum absolute atomic E-state index is 0.227. The summed E-state index contributed by atoms with van der Waals surface area (Å²) < 4.78 is 5.32. The van der Waals surface area contributed by atoms with Crippen molar-refractivity contribution in [1.29, 1.82) is 0 Å². The van der Waals surface area contributed by atoms with Crippen LogP contribution in [0.4, 0.5) is 16.3 Å². The fourth-order valence-corrected chi connectivity index (χ4v) is 2.84. The number of carbonyl (C=O) groups excluding carboxylic acids is 1. The van der Waals surface area contributed by atoms with Crippen molar-refractivity contribution in [2.24, 2.45) is 0 Å². The predicted octanol–water partition coefficient (Wildman–Crippen LogP) is 2.30. The number of aromatic nitrogens is 1. The third kappa shape index (κ3) is 3.96. The van der Waals surface area contributed by atoms with Crippen LogP contribution < -0.4 is 15.5 Å². The lowest BCUT2D eigenvalue weighted by Gasteiger charge is -2.27. The Hall–Kier alpha value is -2.12. The van der Waals surface area contributed by atoms with E-state index in [1.807, 2.05) is 29.6 Å². The van der Waals surface area contributed by atoms with Crippen LogP contribution in [0.25, 0.3) is 0 Å². The highest BCUT2D eigenvalue weighted by atomic mass is 32.1. The van der Waals surface area contributed by atoms with Gasteiger partial charge in [0.1, 0.15) is 5.82 Å². The fourth-order valence-electron chi connectivity index (χ4n) is 2.20. The van der Waals surface area contributed by atoms with E-state index in [0.29, 0.717) is 12.2 Å². The van der Waals surface area contributed by atoms with Gasteiger partial charge in [-0.05, 0) is 23.6 Å². The minimum atomic E-state index is -0.227. The van der Waals surface area contributed by atoms with Crippen LogP contribution >= 0.6 is 11.3 Å². The van der Waals surface area contributed by atoms with Crippen molar-refractivity contribution < 1.29 is 9.53 Å². The van der Waals surface area contributed by atoms with Crippen LogP contribution in [0.3, 0.4) is 0 Å². The Labute approximate surface area is 133 Å². The van der Waals surface area contributed by atoms with E-state index in [2.05, 4.69) is 20.5 Å². The summed E-state index contributed by atoms with van der Waals surface area (Å²) in [7, 11) is 0. The van der Waals surface area contributed by atoms with Gasteiger partial charge in [-0.25, -0.2) is 9.78 Å². The number of thiophene rings is 1. The highest BCUT2D eigenvalue weighted by Gasteiger charge is 2.12. The number of amides is 2. The molecule has 1 aliphatic heterocycles. The van der Waals surface area contributed by atoms with E-state index in [4.69, 9.17) is 4.74 Å². The second-order valence-corrected chi connectivity index (χ2v) is 5.92. The van der Waals surface area contributed by atoms with Crippen LogP contribution in [0.1, 0.15) is 4.88 Å². The summed E-state index contributed by atoms with van der Waals surface area (Å²) >= 11 is 1.62. The van der Waals surface area contributed by atoms with Crippen LogP contribution in [0.15, 0.2) is 35.8 Å². The van der Waals surface area contributed by atoms with Gasteiger partial charge in [-0.1, -0.05) is 6.07 Å². The van der Waals surface area contributed by atoms with Gasteiger partial charge in [0, 0.05) is 18.0 Å². The molecule has 116 valence electrons. The van der Waals surface area contributed by atoms with Crippen molar-refractivity contribution in [2.45, 2.75) is 6.54 Å². The second kappa shape index (κ2) is 7.24. The quantitative estimate of drug-likeness (QED) is 0.908. The summed E-state index contributed by atoms with van der Waals surface area (Å²) in [6.45, 7) is 3.69. The molecule has 3 heterocycles. The molecule has 1 fully saturated rings. The molecule has 0 bridgehead atoms. The monoisotopic (exact) mass is 318 g/mol. The maximum atomic E-state index is 11.8. The van der Waals surface area contributed by atoms with Gasteiger partial charge in [-0.3, -0.25) is 0 Å². The molecule has 3 rings (SSSR count). The van der Waals surface area contributed by atoms with Crippen molar-refractivity contribution in [3.8, 4) is 0 Å². The first-order chi connectivity index (χ1) is 10.8. The normalized spacial score (nSPS) is 14.6. The van der Waals surface area contributed by atoms with Gasteiger partial charge >= 0.3 is 6.03 Å². The topological polar surface area (TPSA) is 66.5 Å². The highest BCUT2D eigenvalue weighted by Crippen LogP contribution is 2.15. The van der Waals surface area contributed by atoms with E-state index >= 15 is 0 Å². The summed E-state index contributed by atoms with van der Waals surface area (Å²) in [6.07, 6.45) is 1.68. The number of hydrogen-bond donors (Lipinski definition) is 2. The Balaban J connectivity index is 1.50. The zero-order valence-corrected chi connectivity index (χ0v) is 12.9. The molecule has 22 heavy (non-hydrogen) atoms. The Morgan fingerprint density at radius 1 is 1.32 bits per heavy atom. The Bertz CT molecular complexity index is 595. The van der Waals surface area contributed by atoms with Gasteiger partial charge < -0.3 is 20.3 Å². The Morgan fingerprint density at radius 2 is 2.18 bits per heavy atom. The summed E-state index contributed by atoms with van der Waals surface area (Å²) in [5.41, 5.74) is 0.681. The number of carbonyl (C=O) groups is 1. The number of nitrogens with zero attached hydrogens (tertiary/aromatic N) is 2. The maximum Gasteiger partial charge on any atom is 0.319 e. The van der Waals surface area contributed by atoms with E-state index in [9.17, 15) is 4.79 Å². The lowest BCUT2D eigenvalue weighted by Crippen LogP contribution is -2.36. The smallest absolute Gasteiger partial charge is 0.319 e. The molecule has 0 atom stereocenters. The van der Waals surface area contributed by atoms with Gasteiger partial charge in [0.25, 0.3) is 0 Å². The zero-order chi connectivity index (χ0) is 15.2. The molecule has 0 spiro atoms. The molecule has 0 saturated carbocycles. The molecule has 6 nitrogen and oxygen atoms in total. The first kappa shape index (κ1) is 14.8. The number of nitrogens with one attached hydrogen (secondary N) is 2. The van der Waals surface area contributed by atoms with E-state index < -0.39 is 0 Å². The average Bonchev–Trinajstić information content (AvgIpc) is 3.08. The molecule has 7 heteroatoms. The maximum absolute atomic E-state index is 11.8. The van der Waals surface area contributed by atoms with Crippen LogP contribution in [0.2, 0.25) is 0 Å². The molecule has 1 saturated heterocycles. The number of pyridine rings is 1. The van der Waals surface area contributed by atoms with E-state index in [-0.39, 0.29) is 6.03 Å². The van der Waals surface area contributed by atoms with Gasteiger partial charge in [-0.15, -0.1) is 11.3 Å². The zero-order valence-electron chi connectivity index (χ0n) is 12.1. The third-order valence-electron chi connectivity index (χ3n) is 3.34. The largest absolute Gasteiger partial charge is 0.378 e. The number of anilines is 2. The number of hydrogen-bond acceptors (Lipinski definition) is 5. The first-order valence-electron chi connectivity index (χ1n) is 7.17. The molecular weight excluding hydrogens is 300 g/mol. The predicted molar refractivity (Wildman–Crippen MR) is 87.4 cm³/mol. The number of morpholine rings is 1. The molecule has 2 amide bonds. The lowest BCUT2D eigenvalue weighted by molar-refractivity contribution is 0.122. The highest BCUT2D eigenvalue weighted by molar-refractivity contribution is 7.09.